The van der Waals surface area contributed by atoms with Crippen molar-refractivity contribution in [1.82, 2.24) is 4.98 Å². The Hall–Kier alpha value is -1.16. The lowest BCUT2D eigenvalue weighted by molar-refractivity contribution is 0.413. The molecule has 15 heavy (non-hydrogen) atoms. The van der Waals surface area contributed by atoms with Crippen LogP contribution in [0.15, 0.2) is 18.2 Å². The Kier molecular flexibility index (Phi) is 4.49. The number of hydrogen-bond donors (Lipinski definition) is 2. The largest absolute Gasteiger partial charge is 0.370 e. The summed E-state index contributed by atoms with van der Waals surface area (Å²) in [6.07, 6.45) is 0. The van der Waals surface area contributed by atoms with E-state index in [1.165, 1.54) is 6.07 Å². The molecule has 0 amide bonds. The molecule has 0 aliphatic heterocycles. The zero-order valence-electron chi connectivity index (χ0n) is 9.20. The topological polar surface area (TPSA) is 50.9 Å². The number of pyridine rings is 1. The van der Waals surface area contributed by atoms with Crippen molar-refractivity contribution in [3.05, 3.63) is 24.1 Å². The van der Waals surface area contributed by atoms with Crippen molar-refractivity contribution in [2.45, 2.75) is 13.8 Å². The fourth-order valence-corrected chi connectivity index (χ4v) is 1.33. The average Bonchev–Trinajstić information content (AvgIpc) is 2.18. The molecule has 4 heteroatoms. The zero-order valence-corrected chi connectivity index (χ0v) is 9.20. The van der Waals surface area contributed by atoms with Gasteiger partial charge in [-0.1, -0.05) is 19.9 Å². The summed E-state index contributed by atoms with van der Waals surface area (Å²) >= 11 is 0. The summed E-state index contributed by atoms with van der Waals surface area (Å²) < 4.78 is 12.8. The summed E-state index contributed by atoms with van der Waals surface area (Å²) in [6, 6.07) is 4.71. The van der Waals surface area contributed by atoms with E-state index in [-0.39, 0.29) is 0 Å². The van der Waals surface area contributed by atoms with Gasteiger partial charge in [-0.25, -0.2) is 4.98 Å². The molecule has 0 radical (unpaired) electrons. The molecule has 3 N–H and O–H groups in total. The highest BCUT2D eigenvalue weighted by molar-refractivity contribution is 5.33. The average molecular weight is 211 g/mol. The van der Waals surface area contributed by atoms with Crippen molar-refractivity contribution >= 4 is 5.82 Å². The zero-order chi connectivity index (χ0) is 11.3. The molecule has 1 aromatic rings. The van der Waals surface area contributed by atoms with Crippen LogP contribution in [0, 0.1) is 17.8 Å². The van der Waals surface area contributed by atoms with Crippen LogP contribution < -0.4 is 11.1 Å². The number of halogens is 1. The lowest BCUT2D eigenvalue weighted by atomic mass is 9.96. The van der Waals surface area contributed by atoms with E-state index < -0.39 is 5.95 Å². The number of aromatic nitrogens is 1. The molecule has 1 atom stereocenters. The van der Waals surface area contributed by atoms with Crippen LogP contribution in [0.1, 0.15) is 13.8 Å². The van der Waals surface area contributed by atoms with E-state index in [4.69, 9.17) is 5.73 Å². The third-order valence-electron chi connectivity index (χ3n) is 2.51. The number of nitrogens with zero attached hydrogens (tertiary/aromatic N) is 1. The molecule has 0 aliphatic rings. The van der Waals surface area contributed by atoms with E-state index in [9.17, 15) is 4.39 Å². The maximum absolute atomic E-state index is 12.8. The predicted molar refractivity (Wildman–Crippen MR) is 60.1 cm³/mol. The van der Waals surface area contributed by atoms with Gasteiger partial charge in [0.2, 0.25) is 5.95 Å². The SMILES string of the molecule is CC(C)C(CN)CNc1cccc(F)n1. The van der Waals surface area contributed by atoms with Gasteiger partial charge >= 0.3 is 0 Å². The maximum atomic E-state index is 12.8. The summed E-state index contributed by atoms with van der Waals surface area (Å²) in [4.78, 5) is 3.72. The molecular formula is C11H18FN3. The molecule has 0 spiro atoms. The van der Waals surface area contributed by atoms with Crippen LogP contribution in [0.2, 0.25) is 0 Å². The van der Waals surface area contributed by atoms with Crippen molar-refractivity contribution in [3.8, 4) is 0 Å². The van der Waals surface area contributed by atoms with E-state index in [2.05, 4.69) is 24.1 Å². The van der Waals surface area contributed by atoms with Crippen LogP contribution in [-0.2, 0) is 0 Å². The Morgan fingerprint density at radius 1 is 1.47 bits per heavy atom. The van der Waals surface area contributed by atoms with E-state index in [1.807, 2.05) is 0 Å². The monoisotopic (exact) mass is 211 g/mol. The van der Waals surface area contributed by atoms with Gasteiger partial charge in [0.15, 0.2) is 0 Å². The van der Waals surface area contributed by atoms with Crippen molar-refractivity contribution in [1.29, 1.82) is 0 Å². The first-order valence-electron chi connectivity index (χ1n) is 5.20. The number of nitrogens with one attached hydrogen (secondary N) is 1. The van der Waals surface area contributed by atoms with E-state index in [0.717, 1.165) is 6.54 Å². The van der Waals surface area contributed by atoms with Gasteiger partial charge in [-0.3, -0.25) is 0 Å². The fraction of sp³-hybridized carbons (Fsp3) is 0.545. The molecule has 0 bridgehead atoms. The molecule has 1 rings (SSSR count). The molecule has 3 nitrogen and oxygen atoms in total. The van der Waals surface area contributed by atoms with Crippen LogP contribution in [0.5, 0.6) is 0 Å². The second-order valence-electron chi connectivity index (χ2n) is 3.97. The number of anilines is 1. The maximum Gasteiger partial charge on any atom is 0.214 e. The van der Waals surface area contributed by atoms with E-state index in [1.54, 1.807) is 12.1 Å². The molecule has 1 unspecified atom stereocenters. The van der Waals surface area contributed by atoms with Gasteiger partial charge in [0.05, 0.1) is 0 Å². The standard InChI is InChI=1S/C11H18FN3/c1-8(2)9(6-13)7-14-11-5-3-4-10(12)15-11/h3-5,8-9H,6-7,13H2,1-2H3,(H,14,15). The first-order chi connectivity index (χ1) is 7.13. The first-order valence-corrected chi connectivity index (χ1v) is 5.20. The Labute approximate surface area is 89.9 Å². The molecule has 84 valence electrons. The van der Waals surface area contributed by atoms with E-state index >= 15 is 0 Å². The second kappa shape index (κ2) is 5.66. The Morgan fingerprint density at radius 2 is 2.20 bits per heavy atom. The molecule has 0 fully saturated rings. The van der Waals surface area contributed by atoms with Gasteiger partial charge in [0.1, 0.15) is 5.82 Å². The van der Waals surface area contributed by atoms with Crippen LogP contribution in [0.3, 0.4) is 0 Å². The van der Waals surface area contributed by atoms with Gasteiger partial charge in [0.25, 0.3) is 0 Å². The highest BCUT2D eigenvalue weighted by Crippen LogP contribution is 2.11. The van der Waals surface area contributed by atoms with Crippen LogP contribution in [-0.4, -0.2) is 18.1 Å². The van der Waals surface area contributed by atoms with Crippen molar-refractivity contribution < 1.29 is 4.39 Å². The normalized spacial score (nSPS) is 12.9. The fourth-order valence-electron chi connectivity index (χ4n) is 1.33. The molecular weight excluding hydrogens is 193 g/mol. The van der Waals surface area contributed by atoms with Gasteiger partial charge in [-0.15, -0.1) is 0 Å². The molecule has 0 saturated heterocycles. The van der Waals surface area contributed by atoms with Crippen molar-refractivity contribution in [2.75, 3.05) is 18.4 Å². The Bertz CT molecular complexity index is 302. The van der Waals surface area contributed by atoms with Crippen molar-refractivity contribution in [3.63, 3.8) is 0 Å². The van der Waals surface area contributed by atoms with Gasteiger partial charge < -0.3 is 11.1 Å². The number of rotatable bonds is 5. The number of hydrogen-bond acceptors (Lipinski definition) is 3. The first kappa shape index (κ1) is 11.9. The van der Waals surface area contributed by atoms with Crippen LogP contribution in [0.25, 0.3) is 0 Å². The summed E-state index contributed by atoms with van der Waals surface area (Å²) in [5.74, 6) is 0.995. The summed E-state index contributed by atoms with van der Waals surface area (Å²) in [7, 11) is 0. The van der Waals surface area contributed by atoms with Crippen LogP contribution in [0.4, 0.5) is 10.2 Å². The molecule has 1 aromatic heterocycles. The smallest absolute Gasteiger partial charge is 0.214 e. The Balaban J connectivity index is 2.49. The van der Waals surface area contributed by atoms with E-state index in [0.29, 0.717) is 24.2 Å². The second-order valence-corrected chi connectivity index (χ2v) is 3.97. The highest BCUT2D eigenvalue weighted by atomic mass is 19.1. The molecule has 0 aliphatic carbocycles. The molecule has 1 heterocycles. The van der Waals surface area contributed by atoms with Gasteiger partial charge in [0, 0.05) is 6.54 Å². The van der Waals surface area contributed by atoms with Gasteiger partial charge in [-0.2, -0.15) is 4.39 Å². The Morgan fingerprint density at radius 3 is 2.73 bits per heavy atom. The minimum atomic E-state index is -0.464. The van der Waals surface area contributed by atoms with Crippen molar-refractivity contribution in [2.24, 2.45) is 17.6 Å². The highest BCUT2D eigenvalue weighted by Gasteiger charge is 2.10. The summed E-state index contributed by atoms with van der Waals surface area (Å²) in [6.45, 7) is 5.60. The molecule has 0 aromatic carbocycles. The minimum Gasteiger partial charge on any atom is -0.370 e. The third-order valence-corrected chi connectivity index (χ3v) is 2.51. The quantitative estimate of drug-likeness (QED) is 0.731. The third kappa shape index (κ3) is 3.83. The van der Waals surface area contributed by atoms with Gasteiger partial charge in [-0.05, 0) is 30.5 Å². The lowest BCUT2D eigenvalue weighted by Gasteiger charge is -2.19. The molecule has 0 saturated carbocycles. The predicted octanol–water partition coefficient (Wildman–Crippen LogP) is 1.86. The number of nitrogens with two attached hydrogens (primary N) is 1. The summed E-state index contributed by atoms with van der Waals surface area (Å²) in [5, 5.41) is 3.09. The summed E-state index contributed by atoms with van der Waals surface area (Å²) in [5.41, 5.74) is 5.63. The minimum absolute atomic E-state index is 0.384. The lowest BCUT2D eigenvalue weighted by Crippen LogP contribution is -2.27. The van der Waals surface area contributed by atoms with Crippen LogP contribution >= 0.6 is 0 Å².